The second kappa shape index (κ2) is 6.34. The van der Waals surface area contributed by atoms with Gasteiger partial charge >= 0.3 is 0 Å². The van der Waals surface area contributed by atoms with Gasteiger partial charge in [-0.3, -0.25) is 4.98 Å². The molecule has 2 rings (SSSR count). The van der Waals surface area contributed by atoms with Crippen LogP contribution in [0.5, 0.6) is 0 Å². The van der Waals surface area contributed by atoms with E-state index in [1.165, 1.54) is 16.8 Å². The van der Waals surface area contributed by atoms with Crippen LogP contribution in [0, 0.1) is 6.92 Å². The Morgan fingerprint density at radius 2 is 2.05 bits per heavy atom. The fourth-order valence-electron chi connectivity index (χ4n) is 2.25. The number of pyridine rings is 1. The monoisotopic (exact) mass is 255 g/mol. The number of aromatic nitrogens is 1. The lowest BCUT2D eigenvalue weighted by Crippen LogP contribution is -2.23. The van der Waals surface area contributed by atoms with Crippen LogP contribution in [-0.4, -0.2) is 11.5 Å². The smallest absolute Gasteiger partial charge is 0.0601 e. The van der Waals surface area contributed by atoms with Gasteiger partial charge in [0, 0.05) is 25.0 Å². The van der Waals surface area contributed by atoms with E-state index in [4.69, 9.17) is 5.73 Å². The number of benzene rings is 1. The van der Waals surface area contributed by atoms with E-state index in [1.807, 2.05) is 18.3 Å². The summed E-state index contributed by atoms with van der Waals surface area (Å²) in [6.45, 7) is 6.68. The third kappa shape index (κ3) is 3.32. The second-order valence-corrected chi connectivity index (χ2v) is 4.66. The number of nitrogens with two attached hydrogens (primary N) is 1. The Labute approximate surface area is 115 Å². The van der Waals surface area contributed by atoms with Crippen molar-refractivity contribution in [2.75, 3.05) is 11.4 Å². The van der Waals surface area contributed by atoms with Crippen molar-refractivity contribution in [2.24, 2.45) is 5.73 Å². The van der Waals surface area contributed by atoms with Gasteiger partial charge in [0.15, 0.2) is 0 Å². The van der Waals surface area contributed by atoms with E-state index < -0.39 is 0 Å². The Balaban J connectivity index is 2.22. The molecule has 2 aromatic rings. The molecule has 0 fully saturated rings. The predicted octanol–water partition coefficient (Wildman–Crippen LogP) is 2.88. The van der Waals surface area contributed by atoms with Crippen LogP contribution in [0.1, 0.15) is 23.7 Å². The summed E-state index contributed by atoms with van der Waals surface area (Å²) in [5.74, 6) is 0. The molecule has 0 atom stereocenters. The molecule has 0 spiro atoms. The van der Waals surface area contributed by atoms with Crippen LogP contribution in [0.4, 0.5) is 5.69 Å². The van der Waals surface area contributed by atoms with Gasteiger partial charge in [0.1, 0.15) is 0 Å². The third-order valence-corrected chi connectivity index (χ3v) is 3.30. The Hall–Kier alpha value is -1.87. The molecule has 1 aromatic carbocycles. The van der Waals surface area contributed by atoms with E-state index in [9.17, 15) is 0 Å². The van der Waals surface area contributed by atoms with Gasteiger partial charge < -0.3 is 10.6 Å². The average molecular weight is 255 g/mol. The molecule has 0 amide bonds. The van der Waals surface area contributed by atoms with Crippen LogP contribution < -0.4 is 10.6 Å². The van der Waals surface area contributed by atoms with Crippen molar-refractivity contribution in [3.05, 3.63) is 59.4 Å². The first-order valence-corrected chi connectivity index (χ1v) is 6.69. The lowest BCUT2D eigenvalue weighted by molar-refractivity contribution is 0.805. The molecule has 0 saturated heterocycles. The van der Waals surface area contributed by atoms with Crippen molar-refractivity contribution in [1.29, 1.82) is 0 Å². The molecular formula is C16H21N3. The Morgan fingerprint density at radius 1 is 1.21 bits per heavy atom. The summed E-state index contributed by atoms with van der Waals surface area (Å²) in [7, 11) is 0. The molecule has 19 heavy (non-hydrogen) atoms. The van der Waals surface area contributed by atoms with Gasteiger partial charge in [0.2, 0.25) is 0 Å². The van der Waals surface area contributed by atoms with Gasteiger partial charge in [0.05, 0.1) is 12.2 Å². The number of nitrogens with zero attached hydrogens (tertiary/aromatic N) is 2. The normalized spacial score (nSPS) is 10.5. The highest BCUT2D eigenvalue weighted by Crippen LogP contribution is 2.22. The van der Waals surface area contributed by atoms with E-state index in [-0.39, 0.29) is 0 Å². The molecule has 0 aliphatic carbocycles. The Bertz CT molecular complexity index is 523. The first-order valence-electron chi connectivity index (χ1n) is 6.69. The van der Waals surface area contributed by atoms with Gasteiger partial charge in [-0.2, -0.15) is 0 Å². The van der Waals surface area contributed by atoms with Gasteiger partial charge in [-0.1, -0.05) is 18.2 Å². The summed E-state index contributed by atoms with van der Waals surface area (Å²) >= 11 is 0. The highest BCUT2D eigenvalue weighted by atomic mass is 15.1. The van der Waals surface area contributed by atoms with E-state index in [1.54, 1.807) is 0 Å². The maximum absolute atomic E-state index is 5.68. The van der Waals surface area contributed by atoms with Crippen LogP contribution in [0.25, 0.3) is 0 Å². The average Bonchev–Trinajstić information content (AvgIpc) is 2.46. The first-order chi connectivity index (χ1) is 9.24. The molecule has 100 valence electrons. The van der Waals surface area contributed by atoms with Crippen molar-refractivity contribution >= 4 is 5.69 Å². The highest BCUT2D eigenvalue weighted by Gasteiger charge is 2.09. The lowest BCUT2D eigenvalue weighted by Gasteiger charge is -2.25. The number of anilines is 1. The van der Waals surface area contributed by atoms with Crippen molar-refractivity contribution in [1.82, 2.24) is 4.98 Å². The minimum absolute atomic E-state index is 0.591. The summed E-state index contributed by atoms with van der Waals surface area (Å²) in [6.07, 6.45) is 1.84. The molecule has 2 N–H and O–H groups in total. The summed E-state index contributed by atoms with van der Waals surface area (Å²) in [6, 6.07) is 12.5. The Morgan fingerprint density at radius 3 is 2.63 bits per heavy atom. The van der Waals surface area contributed by atoms with E-state index >= 15 is 0 Å². The van der Waals surface area contributed by atoms with Crippen LogP contribution in [0.3, 0.4) is 0 Å². The minimum atomic E-state index is 0.591. The molecule has 3 heteroatoms. The first kappa shape index (κ1) is 13.6. The molecule has 0 aliphatic rings. The summed E-state index contributed by atoms with van der Waals surface area (Å²) in [4.78, 5) is 6.73. The molecule has 0 aliphatic heterocycles. The SMILES string of the molecule is CCN(Cc1ccccn1)c1ccc(CN)cc1C. The predicted molar refractivity (Wildman–Crippen MR) is 80.0 cm³/mol. The zero-order chi connectivity index (χ0) is 13.7. The van der Waals surface area contributed by atoms with Crippen molar-refractivity contribution in [2.45, 2.75) is 26.9 Å². The van der Waals surface area contributed by atoms with Crippen LogP contribution in [-0.2, 0) is 13.1 Å². The Kier molecular flexibility index (Phi) is 4.53. The molecular weight excluding hydrogens is 234 g/mol. The number of rotatable bonds is 5. The van der Waals surface area contributed by atoms with Crippen molar-refractivity contribution in [3.63, 3.8) is 0 Å². The quantitative estimate of drug-likeness (QED) is 0.893. The maximum atomic E-state index is 5.68. The summed E-state index contributed by atoms with van der Waals surface area (Å²) in [5, 5.41) is 0. The largest absolute Gasteiger partial charge is 0.366 e. The molecule has 0 bridgehead atoms. The zero-order valence-electron chi connectivity index (χ0n) is 11.6. The maximum Gasteiger partial charge on any atom is 0.0601 e. The van der Waals surface area contributed by atoms with E-state index in [0.29, 0.717) is 6.54 Å². The molecule has 0 unspecified atom stereocenters. The van der Waals surface area contributed by atoms with Gasteiger partial charge in [-0.05, 0) is 43.2 Å². The number of aryl methyl sites for hydroxylation is 1. The molecule has 1 aromatic heterocycles. The second-order valence-electron chi connectivity index (χ2n) is 4.66. The van der Waals surface area contributed by atoms with Gasteiger partial charge in [0.25, 0.3) is 0 Å². The zero-order valence-corrected chi connectivity index (χ0v) is 11.6. The highest BCUT2D eigenvalue weighted by molar-refractivity contribution is 5.54. The topological polar surface area (TPSA) is 42.2 Å². The molecule has 0 radical (unpaired) electrons. The standard InChI is InChI=1S/C16H21N3/c1-3-19(12-15-6-4-5-9-18-15)16-8-7-14(11-17)10-13(16)2/h4-10H,3,11-12,17H2,1-2H3. The van der Waals surface area contributed by atoms with Crippen LogP contribution in [0.2, 0.25) is 0 Å². The van der Waals surface area contributed by atoms with Gasteiger partial charge in [-0.25, -0.2) is 0 Å². The number of hydrogen-bond donors (Lipinski definition) is 1. The van der Waals surface area contributed by atoms with Crippen molar-refractivity contribution in [3.8, 4) is 0 Å². The molecule has 3 nitrogen and oxygen atoms in total. The molecule has 1 heterocycles. The van der Waals surface area contributed by atoms with Crippen molar-refractivity contribution < 1.29 is 0 Å². The lowest BCUT2D eigenvalue weighted by atomic mass is 10.1. The molecule has 0 saturated carbocycles. The summed E-state index contributed by atoms with van der Waals surface area (Å²) in [5.41, 5.74) is 10.5. The van der Waals surface area contributed by atoms with Crippen LogP contribution in [0.15, 0.2) is 42.6 Å². The fourth-order valence-corrected chi connectivity index (χ4v) is 2.25. The summed E-state index contributed by atoms with van der Waals surface area (Å²) < 4.78 is 0. The van der Waals surface area contributed by atoms with Crippen LogP contribution >= 0.6 is 0 Å². The fraction of sp³-hybridized carbons (Fsp3) is 0.312. The van der Waals surface area contributed by atoms with E-state index in [0.717, 1.165) is 18.8 Å². The van der Waals surface area contributed by atoms with E-state index in [2.05, 4.69) is 48.0 Å². The van der Waals surface area contributed by atoms with Gasteiger partial charge in [-0.15, -0.1) is 0 Å². The minimum Gasteiger partial charge on any atom is -0.366 e. The third-order valence-electron chi connectivity index (χ3n) is 3.30. The number of hydrogen-bond acceptors (Lipinski definition) is 3.